The third-order valence-corrected chi connectivity index (χ3v) is 11.1. The number of hydrogen-bond acceptors (Lipinski definition) is 15. The number of carbonyl (C=O) groups is 6. The van der Waals surface area contributed by atoms with Crippen molar-refractivity contribution >= 4 is 35.8 Å². The molecule has 3 aliphatic rings. The topological polar surface area (TPSA) is 185 Å². The molecule has 1 saturated heterocycles. The van der Waals surface area contributed by atoms with E-state index in [4.69, 9.17) is 42.6 Å². The van der Waals surface area contributed by atoms with Gasteiger partial charge in [-0.15, -0.1) is 0 Å². The van der Waals surface area contributed by atoms with Gasteiger partial charge < -0.3 is 42.6 Å². The summed E-state index contributed by atoms with van der Waals surface area (Å²) in [5.41, 5.74) is 1.29. The molecule has 15 heteroatoms. The van der Waals surface area contributed by atoms with Crippen molar-refractivity contribution in [2.45, 2.75) is 50.0 Å². The molecule has 2 heterocycles. The fourth-order valence-corrected chi connectivity index (χ4v) is 7.91. The van der Waals surface area contributed by atoms with Gasteiger partial charge in [0.15, 0.2) is 18.3 Å². The molecule has 0 spiro atoms. The minimum Gasteiger partial charge on any atom is -0.472 e. The molecule has 0 amide bonds. The van der Waals surface area contributed by atoms with Gasteiger partial charge in [0.25, 0.3) is 0 Å². The summed E-state index contributed by atoms with van der Waals surface area (Å²) in [5.74, 6) is -6.03. The molecule has 5 aromatic rings. The molecule has 0 N–H and O–H groups in total. The van der Waals surface area contributed by atoms with Crippen molar-refractivity contribution in [2.24, 2.45) is 11.8 Å². The van der Waals surface area contributed by atoms with E-state index in [-0.39, 0.29) is 28.9 Å². The molecule has 0 radical (unpaired) electrons. The van der Waals surface area contributed by atoms with Crippen LogP contribution in [0.3, 0.4) is 0 Å². The lowest BCUT2D eigenvalue weighted by atomic mass is 9.88. The van der Waals surface area contributed by atoms with Crippen molar-refractivity contribution in [3.05, 3.63) is 203 Å². The molecule has 1 fully saturated rings. The summed E-state index contributed by atoms with van der Waals surface area (Å²) in [6, 6.07) is 40.4. The van der Waals surface area contributed by atoms with Gasteiger partial charge >= 0.3 is 35.8 Å². The fourth-order valence-electron chi connectivity index (χ4n) is 7.91. The molecular formula is C52H44O15. The zero-order valence-electron chi connectivity index (χ0n) is 35.9. The number of benzene rings is 5. The highest BCUT2D eigenvalue weighted by Crippen LogP contribution is 2.43. The number of carbonyl (C=O) groups excluding carboxylic acids is 6. The Morgan fingerprint density at radius 1 is 0.493 bits per heavy atom. The van der Waals surface area contributed by atoms with Crippen LogP contribution in [0.2, 0.25) is 0 Å². The molecule has 0 bridgehead atoms. The second kappa shape index (κ2) is 21.4. The van der Waals surface area contributed by atoms with E-state index in [1.165, 1.54) is 49.6 Å². The largest absolute Gasteiger partial charge is 0.472 e. The van der Waals surface area contributed by atoms with E-state index in [0.717, 1.165) is 0 Å². The highest BCUT2D eigenvalue weighted by atomic mass is 16.8. The lowest BCUT2D eigenvalue weighted by Gasteiger charge is -2.46. The molecule has 0 aromatic heterocycles. The van der Waals surface area contributed by atoms with Gasteiger partial charge in [0.1, 0.15) is 25.4 Å². The second-order valence-electron chi connectivity index (χ2n) is 15.5. The Bertz CT molecular complexity index is 2580. The summed E-state index contributed by atoms with van der Waals surface area (Å²) < 4.78 is 55.1. The highest BCUT2D eigenvalue weighted by Gasteiger charge is 2.56. The van der Waals surface area contributed by atoms with Crippen molar-refractivity contribution in [3.63, 3.8) is 0 Å². The van der Waals surface area contributed by atoms with Crippen LogP contribution in [0.4, 0.5) is 0 Å². The van der Waals surface area contributed by atoms with E-state index < -0.39 is 97.4 Å². The lowest BCUT2D eigenvalue weighted by molar-refractivity contribution is -0.337. The number of fused-ring (bicyclic) bond motifs is 1. The molecular weight excluding hydrogens is 865 g/mol. The van der Waals surface area contributed by atoms with Crippen molar-refractivity contribution in [1.29, 1.82) is 0 Å². The number of hydrogen-bond donors (Lipinski definition) is 0. The Morgan fingerprint density at radius 2 is 0.925 bits per heavy atom. The van der Waals surface area contributed by atoms with Crippen LogP contribution >= 0.6 is 0 Å². The van der Waals surface area contributed by atoms with E-state index in [0.29, 0.717) is 11.1 Å². The van der Waals surface area contributed by atoms with Crippen LogP contribution in [0.25, 0.3) is 0 Å². The number of rotatable bonds is 15. The van der Waals surface area contributed by atoms with Crippen LogP contribution < -0.4 is 0 Å². The summed E-state index contributed by atoms with van der Waals surface area (Å²) in [4.78, 5) is 81.1. The Balaban J connectivity index is 1.18. The molecule has 0 unspecified atom stereocenters. The zero-order valence-corrected chi connectivity index (χ0v) is 35.9. The van der Waals surface area contributed by atoms with Crippen LogP contribution in [0.1, 0.15) is 58.7 Å². The Hall–Kier alpha value is -7.88. The first-order chi connectivity index (χ1) is 32.6. The van der Waals surface area contributed by atoms with Gasteiger partial charge in [0, 0.05) is 12.8 Å². The summed E-state index contributed by atoms with van der Waals surface area (Å²) in [6.45, 7) is 0.401. The van der Waals surface area contributed by atoms with Gasteiger partial charge in [0.2, 0.25) is 12.6 Å². The zero-order chi connectivity index (χ0) is 46.7. The molecule has 8 rings (SSSR count). The Kier molecular flexibility index (Phi) is 14.6. The van der Waals surface area contributed by atoms with Gasteiger partial charge in [-0.05, 0) is 78.4 Å². The molecule has 67 heavy (non-hydrogen) atoms. The predicted molar refractivity (Wildman–Crippen MR) is 235 cm³/mol. The van der Waals surface area contributed by atoms with Crippen LogP contribution in [-0.2, 0) is 47.4 Å². The summed E-state index contributed by atoms with van der Waals surface area (Å²) in [5, 5.41) is 0. The normalized spacial score (nSPS) is 23.8. The maximum Gasteiger partial charge on any atom is 0.338 e. The maximum absolute atomic E-state index is 14.1. The van der Waals surface area contributed by atoms with Gasteiger partial charge in [-0.25, -0.2) is 24.0 Å². The van der Waals surface area contributed by atoms with Crippen molar-refractivity contribution in [2.75, 3.05) is 13.2 Å². The van der Waals surface area contributed by atoms with E-state index in [2.05, 4.69) is 0 Å². The average Bonchev–Trinajstić information content (AvgIpc) is 3.72. The van der Waals surface area contributed by atoms with Crippen molar-refractivity contribution < 1.29 is 71.4 Å². The Labute approximate surface area is 384 Å². The average molecular weight is 909 g/mol. The van der Waals surface area contributed by atoms with Crippen molar-refractivity contribution in [1.82, 2.24) is 0 Å². The third kappa shape index (κ3) is 11.2. The van der Waals surface area contributed by atoms with Gasteiger partial charge in [-0.3, -0.25) is 4.79 Å². The minimum atomic E-state index is -1.73. The first kappa shape index (κ1) is 45.7. The lowest BCUT2D eigenvalue weighted by Crippen LogP contribution is -2.64. The summed E-state index contributed by atoms with van der Waals surface area (Å²) in [7, 11) is 0. The van der Waals surface area contributed by atoms with Gasteiger partial charge in [0.05, 0.1) is 40.0 Å². The molecule has 5 aromatic carbocycles. The monoisotopic (exact) mass is 908 g/mol. The van der Waals surface area contributed by atoms with Crippen LogP contribution in [0, 0.1) is 11.8 Å². The summed E-state index contributed by atoms with van der Waals surface area (Å²) in [6.07, 6.45) is -5.76. The molecule has 9 atom stereocenters. The Morgan fingerprint density at radius 3 is 1.40 bits per heavy atom. The molecule has 342 valence electrons. The van der Waals surface area contributed by atoms with Crippen LogP contribution in [0.5, 0.6) is 0 Å². The molecule has 15 nitrogen and oxygen atoms in total. The van der Waals surface area contributed by atoms with Crippen LogP contribution in [-0.4, -0.2) is 92.1 Å². The van der Waals surface area contributed by atoms with Gasteiger partial charge in [-0.2, -0.15) is 0 Å². The summed E-state index contributed by atoms with van der Waals surface area (Å²) >= 11 is 0. The van der Waals surface area contributed by atoms with Crippen LogP contribution in [0.15, 0.2) is 176 Å². The SMILES string of the molecule is CC(=O)O[C@@H]1C=C(COC(=O)c2ccccc2)[C@H]2[C@H](O[C@@H]3O[C@H](COC(=O)c4ccccc4)[C@@H](OC(=O)c4ccccc4)[C@H](OC(=O)c4ccccc4)[C@H]3OC(=O)c3ccccc3)OC=C[C@H]21. The van der Waals surface area contributed by atoms with Crippen molar-refractivity contribution in [3.8, 4) is 0 Å². The molecule has 1 aliphatic carbocycles. The molecule has 2 aliphatic heterocycles. The fraction of sp³-hybridized carbons (Fsp3) is 0.231. The maximum atomic E-state index is 14.1. The third-order valence-electron chi connectivity index (χ3n) is 11.1. The van der Waals surface area contributed by atoms with E-state index in [1.807, 2.05) is 0 Å². The predicted octanol–water partition coefficient (Wildman–Crippen LogP) is 7.09. The quantitative estimate of drug-likeness (QED) is 0.0588. The van der Waals surface area contributed by atoms with Gasteiger partial charge in [-0.1, -0.05) is 91.0 Å². The standard InChI is InChI=1S/C52H44O15/c1-32(53)62-40-29-38(30-60-46(54)33-17-7-2-8-18-33)42-39(40)27-28-59-51(42)67-52-45(66-50(58)37-25-15-6-16-26-37)44(65-49(57)36-23-13-5-14-24-36)43(64-48(56)35-21-11-4-12-22-35)41(63-52)31-61-47(55)34-19-9-3-10-20-34/h2-29,39-45,51-52H,30-31H2,1H3/t39-,40+,41+,42+,43+,44-,45+,51-,52-/m0/s1. The first-order valence-electron chi connectivity index (χ1n) is 21.4. The first-order valence-corrected chi connectivity index (χ1v) is 21.4. The van der Waals surface area contributed by atoms with E-state index in [1.54, 1.807) is 127 Å². The number of esters is 6. The minimum absolute atomic E-state index is 0.102. The smallest absolute Gasteiger partial charge is 0.338 e. The number of ether oxygens (including phenoxy) is 9. The van der Waals surface area contributed by atoms with E-state index >= 15 is 0 Å². The highest BCUT2D eigenvalue weighted by molar-refractivity contribution is 5.92. The molecule has 0 saturated carbocycles. The van der Waals surface area contributed by atoms with E-state index in [9.17, 15) is 28.8 Å². The second-order valence-corrected chi connectivity index (χ2v) is 15.5.